The number of aliphatic hydroxyl groups is 1. The number of nitrogens with zero attached hydrogens (tertiary/aromatic N) is 6. The largest absolute Gasteiger partial charge is 0.416 e. The first-order valence-corrected chi connectivity index (χ1v) is 10.9. The lowest BCUT2D eigenvalue weighted by atomic mass is 10.2. The highest BCUT2D eigenvalue weighted by molar-refractivity contribution is 5.83. The van der Waals surface area contributed by atoms with E-state index in [0.717, 1.165) is 23.9 Å². The van der Waals surface area contributed by atoms with E-state index in [0.29, 0.717) is 11.4 Å². The number of primary amides is 1. The molecular formula is C22H23F3N8O3. The Hall–Kier alpha value is -4.07. The van der Waals surface area contributed by atoms with Gasteiger partial charge in [0.15, 0.2) is 0 Å². The third kappa shape index (κ3) is 5.76. The van der Waals surface area contributed by atoms with Crippen LogP contribution in [-0.4, -0.2) is 66.0 Å². The number of amides is 2. The number of likely N-dealkylation sites (tertiary alicyclic amines) is 1. The number of anilines is 2. The average Bonchev–Trinajstić information content (AvgIpc) is 3.43. The maximum atomic E-state index is 13.0. The zero-order valence-electron chi connectivity index (χ0n) is 19.1. The molecule has 4 N–H and O–H groups in total. The van der Waals surface area contributed by atoms with Gasteiger partial charge in [-0.3, -0.25) is 9.59 Å². The van der Waals surface area contributed by atoms with Gasteiger partial charge in [-0.1, -0.05) is 5.21 Å². The second-order valence-electron chi connectivity index (χ2n) is 8.45. The molecule has 190 valence electrons. The van der Waals surface area contributed by atoms with Crippen molar-refractivity contribution < 1.29 is 27.9 Å². The number of alkyl halides is 3. The summed E-state index contributed by atoms with van der Waals surface area (Å²) in [7, 11) is 0. The molecule has 3 aromatic heterocycles. The fraction of sp³-hybridized carbons (Fsp3) is 0.364. The molecular weight excluding hydrogens is 481 g/mol. The molecule has 1 aliphatic rings. The van der Waals surface area contributed by atoms with Crippen LogP contribution in [0.25, 0.3) is 11.4 Å². The molecule has 0 bridgehead atoms. The summed E-state index contributed by atoms with van der Waals surface area (Å²) < 4.78 is 40.5. The lowest BCUT2D eigenvalue weighted by Crippen LogP contribution is -2.30. The molecule has 0 aliphatic carbocycles. The minimum Gasteiger partial charge on any atom is -0.389 e. The molecule has 3 aromatic rings. The lowest BCUT2D eigenvalue weighted by molar-refractivity contribution is -0.137. The summed E-state index contributed by atoms with van der Waals surface area (Å²) in [5, 5.41) is 21.4. The molecule has 1 fully saturated rings. The van der Waals surface area contributed by atoms with Crippen molar-refractivity contribution in [2.24, 2.45) is 5.73 Å². The Morgan fingerprint density at radius 2 is 1.94 bits per heavy atom. The molecule has 11 nitrogen and oxygen atoms in total. The first kappa shape index (κ1) is 25.0. The predicted octanol–water partition coefficient (Wildman–Crippen LogP) is 1.82. The average molecular weight is 504 g/mol. The van der Waals surface area contributed by atoms with Crippen molar-refractivity contribution in [3.05, 3.63) is 47.8 Å². The van der Waals surface area contributed by atoms with Gasteiger partial charge in [-0.25, -0.2) is 14.6 Å². The van der Waals surface area contributed by atoms with E-state index >= 15 is 0 Å². The highest BCUT2D eigenvalue weighted by Crippen LogP contribution is 2.31. The van der Waals surface area contributed by atoms with E-state index in [1.54, 1.807) is 25.3 Å². The number of rotatable bonds is 7. The molecule has 0 spiro atoms. The molecule has 2 unspecified atom stereocenters. The number of aromatic nitrogens is 5. The van der Waals surface area contributed by atoms with Gasteiger partial charge < -0.3 is 21.1 Å². The van der Waals surface area contributed by atoms with Crippen LogP contribution >= 0.6 is 0 Å². The zero-order valence-corrected chi connectivity index (χ0v) is 19.1. The summed E-state index contributed by atoms with van der Waals surface area (Å²) in [5.74, 6) is -0.634. The third-order valence-corrected chi connectivity index (χ3v) is 5.62. The van der Waals surface area contributed by atoms with E-state index in [1.165, 1.54) is 9.58 Å². The Morgan fingerprint density at radius 3 is 2.67 bits per heavy atom. The van der Waals surface area contributed by atoms with Crippen LogP contribution in [0.1, 0.15) is 30.0 Å². The zero-order chi connectivity index (χ0) is 26.0. The van der Waals surface area contributed by atoms with Crippen LogP contribution in [0.2, 0.25) is 0 Å². The van der Waals surface area contributed by atoms with Gasteiger partial charge in [-0.15, -0.1) is 5.10 Å². The van der Waals surface area contributed by atoms with Crippen LogP contribution in [0.5, 0.6) is 0 Å². The van der Waals surface area contributed by atoms with Crippen molar-refractivity contribution in [1.29, 1.82) is 0 Å². The number of hydrogen-bond donors (Lipinski definition) is 3. The lowest BCUT2D eigenvalue weighted by Gasteiger charge is -2.15. The van der Waals surface area contributed by atoms with Gasteiger partial charge in [0.05, 0.1) is 29.6 Å². The molecule has 0 radical (unpaired) electrons. The summed E-state index contributed by atoms with van der Waals surface area (Å²) in [6, 6.07) is 4.58. The van der Waals surface area contributed by atoms with E-state index in [9.17, 15) is 27.9 Å². The van der Waals surface area contributed by atoms with Gasteiger partial charge in [0.1, 0.15) is 17.3 Å². The standard InChI is InChI=1S/C22H23F3N8O3/c1-12-6-14(28-20(7-12)29-19-8-13(4-5-27-19)22(23,24)25)15-9-33(31-30-15)16-10-32(11-17(16)34)21(36)3-2-18(26)35/h4-9,16-17,34H,2-3,10-11H2,1H3,(H2,26,35)(H,27,28,29). The quantitative estimate of drug-likeness (QED) is 0.441. The van der Waals surface area contributed by atoms with Gasteiger partial charge in [0.25, 0.3) is 0 Å². The summed E-state index contributed by atoms with van der Waals surface area (Å²) in [6.07, 6.45) is -2.89. The molecule has 0 saturated carbocycles. The van der Waals surface area contributed by atoms with E-state index in [-0.39, 0.29) is 43.5 Å². The highest BCUT2D eigenvalue weighted by Gasteiger charge is 2.36. The van der Waals surface area contributed by atoms with E-state index < -0.39 is 29.8 Å². The number of aliphatic hydroxyl groups excluding tert-OH is 1. The Kier molecular flexibility index (Phi) is 6.88. The second-order valence-corrected chi connectivity index (χ2v) is 8.45. The van der Waals surface area contributed by atoms with Gasteiger partial charge in [0.2, 0.25) is 11.8 Å². The number of nitrogens with two attached hydrogens (primary N) is 1. The highest BCUT2D eigenvalue weighted by atomic mass is 19.4. The monoisotopic (exact) mass is 504 g/mol. The second kappa shape index (κ2) is 9.89. The van der Waals surface area contributed by atoms with Gasteiger partial charge in [-0.2, -0.15) is 13.2 Å². The number of β-amino-alcohol motifs (C(OH)–C–C–N with tert-alkyl or cyclic N) is 1. The number of halogens is 3. The molecule has 36 heavy (non-hydrogen) atoms. The number of aryl methyl sites for hydroxylation is 1. The third-order valence-electron chi connectivity index (χ3n) is 5.62. The Bertz CT molecular complexity index is 1280. The van der Waals surface area contributed by atoms with Crippen LogP contribution < -0.4 is 11.1 Å². The Morgan fingerprint density at radius 1 is 1.17 bits per heavy atom. The first-order chi connectivity index (χ1) is 17.0. The van der Waals surface area contributed by atoms with Gasteiger partial charge in [0, 0.05) is 32.1 Å². The van der Waals surface area contributed by atoms with Gasteiger partial charge >= 0.3 is 6.18 Å². The molecule has 1 saturated heterocycles. The van der Waals surface area contributed by atoms with Gasteiger partial charge in [-0.05, 0) is 36.8 Å². The fourth-order valence-corrected chi connectivity index (χ4v) is 3.85. The molecule has 1 aliphatic heterocycles. The number of carbonyl (C=O) groups is 2. The molecule has 14 heteroatoms. The number of carbonyl (C=O) groups excluding carboxylic acids is 2. The topological polar surface area (TPSA) is 152 Å². The van der Waals surface area contributed by atoms with Crippen LogP contribution in [0, 0.1) is 6.92 Å². The maximum Gasteiger partial charge on any atom is 0.416 e. The minimum absolute atomic E-state index is 0.0206. The summed E-state index contributed by atoms with van der Waals surface area (Å²) >= 11 is 0. The van der Waals surface area contributed by atoms with E-state index in [2.05, 4.69) is 25.6 Å². The van der Waals surface area contributed by atoms with Crippen molar-refractivity contribution >= 4 is 23.5 Å². The molecule has 4 rings (SSSR count). The predicted molar refractivity (Wildman–Crippen MR) is 121 cm³/mol. The molecule has 4 heterocycles. The van der Waals surface area contributed by atoms with Crippen LogP contribution in [0.15, 0.2) is 36.7 Å². The minimum atomic E-state index is -4.50. The van der Waals surface area contributed by atoms with Crippen molar-refractivity contribution in [3.8, 4) is 11.4 Å². The van der Waals surface area contributed by atoms with Crippen molar-refractivity contribution in [1.82, 2.24) is 29.9 Å². The molecule has 2 amide bonds. The van der Waals surface area contributed by atoms with Crippen molar-refractivity contribution in [2.45, 2.75) is 38.1 Å². The van der Waals surface area contributed by atoms with Crippen LogP contribution in [0.4, 0.5) is 24.8 Å². The van der Waals surface area contributed by atoms with Crippen LogP contribution in [-0.2, 0) is 15.8 Å². The van der Waals surface area contributed by atoms with E-state index in [1.807, 2.05) is 0 Å². The number of nitrogens with one attached hydrogen (secondary N) is 1. The maximum absolute atomic E-state index is 13.0. The summed E-state index contributed by atoms with van der Waals surface area (Å²) in [5.41, 5.74) is 5.78. The molecule has 0 aromatic carbocycles. The van der Waals surface area contributed by atoms with E-state index in [4.69, 9.17) is 5.73 Å². The Balaban J connectivity index is 1.50. The number of hydrogen-bond acceptors (Lipinski definition) is 8. The molecule has 2 atom stereocenters. The van der Waals surface area contributed by atoms with Crippen molar-refractivity contribution in [2.75, 3.05) is 18.4 Å². The normalized spacial score (nSPS) is 17.9. The first-order valence-electron chi connectivity index (χ1n) is 10.9. The fourth-order valence-electron chi connectivity index (χ4n) is 3.85. The Labute approximate surface area is 203 Å². The summed E-state index contributed by atoms with van der Waals surface area (Å²) in [6.45, 7) is 2.05. The number of pyridine rings is 2. The van der Waals surface area contributed by atoms with Crippen LogP contribution in [0.3, 0.4) is 0 Å². The summed E-state index contributed by atoms with van der Waals surface area (Å²) in [4.78, 5) is 33.0. The smallest absolute Gasteiger partial charge is 0.389 e. The van der Waals surface area contributed by atoms with Crippen molar-refractivity contribution in [3.63, 3.8) is 0 Å². The SMILES string of the molecule is Cc1cc(Nc2cc(C(F)(F)F)ccn2)nc(-c2cn(C3CN(C(=O)CCC(N)=O)CC3O)nn2)c1.